The molecule has 2 heterocycles. The third kappa shape index (κ3) is 2.87. The summed E-state index contributed by atoms with van der Waals surface area (Å²) in [6.07, 6.45) is -0.989. The Kier molecular flexibility index (Phi) is 3.96. The Balaban J connectivity index is 1.98. The number of rotatable bonds is 3. The van der Waals surface area contributed by atoms with E-state index in [1.54, 1.807) is 7.11 Å². The van der Waals surface area contributed by atoms with E-state index < -0.39 is 6.09 Å². The molecule has 0 aliphatic carbocycles. The number of hydrogen-bond donors (Lipinski definition) is 1. The van der Waals surface area contributed by atoms with Crippen molar-refractivity contribution < 1.29 is 14.6 Å². The van der Waals surface area contributed by atoms with Crippen LogP contribution in [0, 0.1) is 0 Å². The van der Waals surface area contributed by atoms with Crippen LogP contribution in [0.3, 0.4) is 0 Å². The molecule has 1 aromatic heterocycles. The van der Waals surface area contributed by atoms with Crippen molar-refractivity contribution in [2.45, 2.75) is 13.1 Å². The molecular formula is C15H15ClN4O3. The molecule has 0 saturated heterocycles. The minimum absolute atomic E-state index is 0.103. The van der Waals surface area contributed by atoms with Crippen LogP contribution in [0.1, 0.15) is 11.3 Å². The molecule has 1 amide bonds. The lowest BCUT2D eigenvalue weighted by Crippen LogP contribution is -2.23. The van der Waals surface area contributed by atoms with Gasteiger partial charge in [0.2, 0.25) is 5.28 Å². The molecule has 3 rings (SSSR count). The molecule has 1 aliphatic heterocycles. The predicted octanol–water partition coefficient (Wildman–Crippen LogP) is 2.90. The monoisotopic (exact) mass is 334 g/mol. The number of anilines is 2. The van der Waals surface area contributed by atoms with Gasteiger partial charge in [0.25, 0.3) is 0 Å². The number of aromatic nitrogens is 2. The number of carbonyl (C=O) groups is 1. The second-order valence-electron chi connectivity index (χ2n) is 5.14. The zero-order valence-electron chi connectivity index (χ0n) is 12.7. The number of ether oxygens (including phenoxy) is 1. The average molecular weight is 335 g/mol. The molecule has 1 aliphatic rings. The summed E-state index contributed by atoms with van der Waals surface area (Å²) in [7, 11) is 3.46. The van der Waals surface area contributed by atoms with Crippen molar-refractivity contribution in [3.63, 3.8) is 0 Å². The third-order valence-electron chi connectivity index (χ3n) is 3.78. The van der Waals surface area contributed by atoms with Crippen LogP contribution in [0.4, 0.5) is 16.3 Å². The highest BCUT2D eigenvalue weighted by Crippen LogP contribution is 2.33. The fraction of sp³-hybridized carbons (Fsp3) is 0.267. The number of methoxy groups -OCH3 is 1. The molecule has 8 heteroatoms. The van der Waals surface area contributed by atoms with E-state index in [9.17, 15) is 9.90 Å². The highest BCUT2D eigenvalue weighted by Gasteiger charge is 2.29. The normalized spacial score (nSPS) is 12.9. The van der Waals surface area contributed by atoms with Crippen molar-refractivity contribution >= 4 is 29.2 Å². The minimum Gasteiger partial charge on any atom is -0.497 e. The van der Waals surface area contributed by atoms with Gasteiger partial charge in [0.15, 0.2) is 0 Å². The molecule has 0 unspecified atom stereocenters. The highest BCUT2D eigenvalue weighted by atomic mass is 35.5. The molecule has 0 bridgehead atoms. The highest BCUT2D eigenvalue weighted by molar-refractivity contribution is 6.28. The molecule has 0 fully saturated rings. The number of carboxylic acid groups (broad SMARTS) is 1. The van der Waals surface area contributed by atoms with E-state index in [1.807, 2.05) is 36.2 Å². The first kappa shape index (κ1) is 15.4. The van der Waals surface area contributed by atoms with Gasteiger partial charge in [-0.15, -0.1) is 0 Å². The Bertz CT molecular complexity index is 751. The van der Waals surface area contributed by atoms with Crippen LogP contribution >= 0.6 is 11.6 Å². The molecule has 2 aromatic rings. The molecule has 0 atom stereocenters. The van der Waals surface area contributed by atoms with Gasteiger partial charge in [0.05, 0.1) is 25.9 Å². The molecule has 120 valence electrons. The van der Waals surface area contributed by atoms with E-state index in [2.05, 4.69) is 9.97 Å². The Morgan fingerprint density at radius 2 is 2.00 bits per heavy atom. The van der Waals surface area contributed by atoms with E-state index in [0.29, 0.717) is 11.5 Å². The molecule has 1 aromatic carbocycles. The summed E-state index contributed by atoms with van der Waals surface area (Å²) >= 11 is 6.00. The molecule has 1 N–H and O–H groups in total. The largest absolute Gasteiger partial charge is 0.497 e. The number of halogens is 1. The first-order valence-corrected chi connectivity index (χ1v) is 7.28. The van der Waals surface area contributed by atoms with Crippen LogP contribution in [0.2, 0.25) is 5.28 Å². The lowest BCUT2D eigenvalue weighted by Gasteiger charge is -2.21. The van der Waals surface area contributed by atoms with Crippen molar-refractivity contribution in [3.05, 3.63) is 40.8 Å². The number of hydrogen-bond acceptors (Lipinski definition) is 5. The maximum Gasteiger partial charge on any atom is 0.407 e. The molecule has 0 radical (unpaired) electrons. The van der Waals surface area contributed by atoms with E-state index in [4.69, 9.17) is 16.3 Å². The molecule has 7 nitrogen and oxygen atoms in total. The van der Waals surface area contributed by atoms with Crippen molar-refractivity contribution in [2.24, 2.45) is 0 Å². The van der Waals surface area contributed by atoms with E-state index in [-0.39, 0.29) is 18.4 Å². The fourth-order valence-electron chi connectivity index (χ4n) is 2.55. The average Bonchev–Trinajstić information content (AvgIpc) is 2.97. The predicted molar refractivity (Wildman–Crippen MR) is 85.4 cm³/mol. The third-order valence-corrected chi connectivity index (χ3v) is 3.95. The molecule has 23 heavy (non-hydrogen) atoms. The van der Waals surface area contributed by atoms with Crippen LogP contribution in [-0.4, -0.2) is 40.2 Å². The Morgan fingerprint density at radius 1 is 1.30 bits per heavy atom. The van der Waals surface area contributed by atoms with Crippen LogP contribution in [0.5, 0.6) is 5.75 Å². The van der Waals surface area contributed by atoms with Crippen LogP contribution in [0.25, 0.3) is 0 Å². The smallest absolute Gasteiger partial charge is 0.407 e. The van der Waals surface area contributed by atoms with Crippen LogP contribution in [-0.2, 0) is 13.1 Å². The van der Waals surface area contributed by atoms with Gasteiger partial charge in [-0.25, -0.2) is 9.78 Å². The molecule has 0 saturated carbocycles. The summed E-state index contributed by atoms with van der Waals surface area (Å²) in [6, 6.07) is 7.48. The number of amides is 1. The first-order chi connectivity index (χ1) is 11.0. The summed E-state index contributed by atoms with van der Waals surface area (Å²) in [5.74, 6) is 1.36. The van der Waals surface area contributed by atoms with Crippen molar-refractivity contribution in [2.75, 3.05) is 19.1 Å². The minimum atomic E-state index is -0.989. The Labute approximate surface area is 138 Å². The maximum absolute atomic E-state index is 11.2. The van der Waals surface area contributed by atoms with Gasteiger partial charge < -0.3 is 14.7 Å². The summed E-state index contributed by atoms with van der Waals surface area (Å²) in [5, 5.41) is 9.28. The molecule has 0 spiro atoms. The van der Waals surface area contributed by atoms with Crippen molar-refractivity contribution in [3.8, 4) is 5.75 Å². The standard InChI is InChI=1S/C15H15ClN4O3/c1-19(9-3-5-10(23-2)6-4-9)13-11-7-20(15(21)22)8-12(11)17-14(16)18-13/h3-6H,7-8H2,1-2H3,(H,21,22). The zero-order chi connectivity index (χ0) is 16.6. The lowest BCUT2D eigenvalue weighted by atomic mass is 10.2. The van der Waals surface area contributed by atoms with Gasteiger partial charge in [0, 0.05) is 18.3 Å². The van der Waals surface area contributed by atoms with Crippen LogP contribution < -0.4 is 9.64 Å². The van der Waals surface area contributed by atoms with E-state index in [0.717, 1.165) is 17.0 Å². The van der Waals surface area contributed by atoms with E-state index in [1.165, 1.54) is 4.90 Å². The summed E-state index contributed by atoms with van der Waals surface area (Å²) in [6.45, 7) is 0.466. The van der Waals surface area contributed by atoms with E-state index >= 15 is 0 Å². The number of fused-ring (bicyclic) bond motifs is 1. The Hall–Kier alpha value is -2.54. The fourth-order valence-corrected chi connectivity index (χ4v) is 2.73. The zero-order valence-corrected chi connectivity index (χ0v) is 13.4. The second kappa shape index (κ2) is 5.92. The van der Waals surface area contributed by atoms with Gasteiger partial charge in [0.1, 0.15) is 11.6 Å². The second-order valence-corrected chi connectivity index (χ2v) is 5.48. The first-order valence-electron chi connectivity index (χ1n) is 6.90. The molecular weight excluding hydrogens is 320 g/mol. The topological polar surface area (TPSA) is 78.8 Å². The van der Waals surface area contributed by atoms with Crippen LogP contribution in [0.15, 0.2) is 24.3 Å². The number of benzene rings is 1. The van der Waals surface area contributed by atoms with Gasteiger partial charge >= 0.3 is 6.09 Å². The van der Waals surface area contributed by atoms with Crippen molar-refractivity contribution in [1.29, 1.82) is 0 Å². The van der Waals surface area contributed by atoms with Gasteiger partial charge in [-0.1, -0.05) is 0 Å². The summed E-state index contributed by atoms with van der Waals surface area (Å²) in [4.78, 5) is 22.8. The maximum atomic E-state index is 11.2. The Morgan fingerprint density at radius 3 is 2.61 bits per heavy atom. The van der Waals surface area contributed by atoms with Gasteiger partial charge in [-0.2, -0.15) is 4.98 Å². The summed E-state index contributed by atoms with van der Waals surface area (Å²) < 4.78 is 5.15. The summed E-state index contributed by atoms with van der Waals surface area (Å²) in [5.41, 5.74) is 2.30. The quantitative estimate of drug-likeness (QED) is 0.869. The van der Waals surface area contributed by atoms with Gasteiger partial charge in [-0.05, 0) is 35.9 Å². The SMILES string of the molecule is COc1ccc(N(C)c2nc(Cl)nc3c2CN(C(=O)O)C3)cc1. The van der Waals surface area contributed by atoms with Gasteiger partial charge in [-0.3, -0.25) is 4.90 Å². The van der Waals surface area contributed by atoms with Crippen molar-refractivity contribution in [1.82, 2.24) is 14.9 Å². The lowest BCUT2D eigenvalue weighted by molar-refractivity contribution is 0.145. The number of nitrogens with zero attached hydrogens (tertiary/aromatic N) is 4.